The monoisotopic (exact) mass is 483 g/mol. The van der Waals surface area contributed by atoms with Crippen LogP contribution in [0.5, 0.6) is 0 Å². The third-order valence-electron chi connectivity index (χ3n) is 5.95. The van der Waals surface area contributed by atoms with Gasteiger partial charge in [0.25, 0.3) is 0 Å². The number of hydrogen-bond donors (Lipinski definition) is 0. The first kappa shape index (κ1) is 24.7. The molecule has 0 saturated carbocycles. The average molecular weight is 484 g/mol. The highest BCUT2D eigenvalue weighted by Gasteiger charge is 2.29. The average Bonchev–Trinajstić information content (AvgIpc) is 2.81. The van der Waals surface area contributed by atoms with Crippen LogP contribution in [0, 0.1) is 0 Å². The Morgan fingerprint density at radius 1 is 0.441 bits per heavy atom. The lowest BCUT2D eigenvalue weighted by molar-refractivity contribution is 0.589. The summed E-state index contributed by atoms with van der Waals surface area (Å²) in [7, 11) is -0.127. The maximum atomic E-state index is 2.32. The topological polar surface area (TPSA) is 0 Å². The first-order valence-electron chi connectivity index (χ1n) is 11.9. The minimum absolute atomic E-state index is 0.127. The summed E-state index contributed by atoms with van der Waals surface area (Å²) in [6.07, 6.45) is 0. The molecule has 0 heterocycles. The van der Waals surface area contributed by atoms with Gasteiger partial charge in [0, 0.05) is 9.79 Å². The van der Waals surface area contributed by atoms with Crippen LogP contribution < -0.4 is 0 Å². The normalized spacial score (nSPS) is 13.0. The molecule has 0 amide bonds. The van der Waals surface area contributed by atoms with Crippen LogP contribution in [0.1, 0.15) is 52.7 Å². The molecule has 4 aromatic rings. The lowest BCUT2D eigenvalue weighted by Gasteiger charge is -2.19. The minimum Gasteiger partial charge on any atom is -0.0901 e. The molecule has 4 rings (SSSR count). The third kappa shape index (κ3) is 5.98. The Balaban J connectivity index is 1.60. The molecule has 0 aliphatic carbocycles. The maximum absolute atomic E-state index is 2.32. The fourth-order valence-corrected chi connectivity index (χ4v) is 6.74. The molecule has 1 unspecified atom stereocenters. The van der Waals surface area contributed by atoms with Crippen LogP contribution in [0.25, 0.3) is 0 Å². The third-order valence-corrected chi connectivity index (χ3v) is 9.20. The van der Waals surface area contributed by atoms with Crippen LogP contribution in [0.3, 0.4) is 0 Å². The molecule has 0 saturated heterocycles. The van der Waals surface area contributed by atoms with Crippen LogP contribution in [-0.2, 0) is 21.7 Å². The van der Waals surface area contributed by atoms with Gasteiger partial charge in [-0.1, -0.05) is 95.8 Å². The van der Waals surface area contributed by atoms with E-state index in [0.717, 1.165) is 0 Å². The van der Waals surface area contributed by atoms with Crippen molar-refractivity contribution in [3.05, 3.63) is 114 Å². The van der Waals surface area contributed by atoms with E-state index < -0.39 is 0 Å². The van der Waals surface area contributed by atoms with Gasteiger partial charge in [-0.15, -0.1) is 0 Å². The molecule has 1 atom stereocenters. The molecule has 174 valence electrons. The standard InChI is InChI=1S/C32H35S2/c1-31(2,3)24-12-16-26(17-13-24)33-27-18-22-30(23-19-27)34(28-10-8-7-9-11-28)29-20-14-25(15-21-29)32(4,5)6/h7-23H,1-6H3/q+1. The van der Waals surface area contributed by atoms with Gasteiger partial charge >= 0.3 is 0 Å². The second kappa shape index (κ2) is 10.1. The zero-order valence-corrected chi connectivity index (χ0v) is 22.8. The highest BCUT2D eigenvalue weighted by atomic mass is 32.2. The Hall–Kier alpha value is -2.42. The Bertz CT molecular complexity index is 1190. The molecule has 0 fully saturated rings. The molecular weight excluding hydrogens is 448 g/mol. The lowest BCUT2D eigenvalue weighted by atomic mass is 9.87. The van der Waals surface area contributed by atoms with E-state index in [1.165, 1.54) is 35.6 Å². The molecule has 0 aliphatic rings. The van der Waals surface area contributed by atoms with Crippen molar-refractivity contribution in [1.82, 2.24) is 0 Å². The number of benzene rings is 4. The van der Waals surface area contributed by atoms with Gasteiger partial charge in [0.2, 0.25) is 0 Å². The van der Waals surface area contributed by atoms with Crippen molar-refractivity contribution >= 4 is 22.7 Å². The first-order chi connectivity index (χ1) is 16.1. The van der Waals surface area contributed by atoms with E-state index in [4.69, 9.17) is 0 Å². The molecule has 0 bridgehead atoms. The summed E-state index contributed by atoms with van der Waals surface area (Å²) in [5.41, 5.74) is 3.09. The summed E-state index contributed by atoms with van der Waals surface area (Å²) in [5, 5.41) is 0. The van der Waals surface area contributed by atoms with Crippen molar-refractivity contribution in [3.8, 4) is 0 Å². The number of hydrogen-bond acceptors (Lipinski definition) is 1. The SMILES string of the molecule is CC(C)(C)c1ccc(Sc2ccc([S+](c3ccccc3)c3ccc(C(C)(C)C)cc3)cc2)cc1. The second-order valence-corrected chi connectivity index (χ2v) is 13.9. The molecule has 2 heteroatoms. The molecule has 0 spiro atoms. The Morgan fingerprint density at radius 3 is 1.24 bits per heavy atom. The maximum Gasteiger partial charge on any atom is 0.166 e. The lowest BCUT2D eigenvalue weighted by Crippen LogP contribution is -2.11. The molecule has 4 aromatic carbocycles. The van der Waals surface area contributed by atoms with Crippen molar-refractivity contribution in [1.29, 1.82) is 0 Å². The van der Waals surface area contributed by atoms with Crippen molar-refractivity contribution in [2.24, 2.45) is 0 Å². The summed E-state index contributed by atoms with van der Waals surface area (Å²) in [6, 6.07) is 38.2. The van der Waals surface area contributed by atoms with E-state index in [9.17, 15) is 0 Å². The van der Waals surface area contributed by atoms with Crippen LogP contribution >= 0.6 is 11.8 Å². The van der Waals surface area contributed by atoms with E-state index >= 15 is 0 Å². The zero-order chi connectivity index (χ0) is 24.3. The smallest absolute Gasteiger partial charge is 0.0901 e. The van der Waals surface area contributed by atoms with Crippen LogP contribution in [0.15, 0.2) is 128 Å². The van der Waals surface area contributed by atoms with Gasteiger partial charge < -0.3 is 0 Å². The van der Waals surface area contributed by atoms with E-state index in [1.54, 1.807) is 0 Å². The van der Waals surface area contributed by atoms with Crippen molar-refractivity contribution in [2.45, 2.75) is 76.8 Å². The first-order valence-corrected chi connectivity index (χ1v) is 13.9. The predicted octanol–water partition coefficient (Wildman–Crippen LogP) is 9.53. The predicted molar refractivity (Wildman–Crippen MR) is 149 cm³/mol. The fourth-order valence-electron chi connectivity index (χ4n) is 3.86. The fraction of sp³-hybridized carbons (Fsp3) is 0.250. The Morgan fingerprint density at radius 2 is 0.794 bits per heavy atom. The minimum atomic E-state index is -0.127. The molecule has 0 aromatic heterocycles. The van der Waals surface area contributed by atoms with Gasteiger partial charge in [-0.25, -0.2) is 0 Å². The van der Waals surface area contributed by atoms with E-state index in [-0.39, 0.29) is 21.7 Å². The van der Waals surface area contributed by atoms with Gasteiger partial charge in [0.05, 0.1) is 10.9 Å². The van der Waals surface area contributed by atoms with Crippen molar-refractivity contribution in [3.63, 3.8) is 0 Å². The largest absolute Gasteiger partial charge is 0.166 e. The highest BCUT2D eigenvalue weighted by Crippen LogP contribution is 2.35. The molecule has 0 aliphatic heterocycles. The van der Waals surface area contributed by atoms with E-state index in [2.05, 4.69) is 145 Å². The van der Waals surface area contributed by atoms with Crippen molar-refractivity contribution < 1.29 is 0 Å². The van der Waals surface area contributed by atoms with Gasteiger partial charge in [-0.05, 0) is 82.6 Å². The van der Waals surface area contributed by atoms with Gasteiger partial charge in [0.1, 0.15) is 0 Å². The van der Waals surface area contributed by atoms with E-state index in [1.807, 2.05) is 11.8 Å². The Labute approximate surface area is 213 Å². The molecule has 34 heavy (non-hydrogen) atoms. The summed E-state index contributed by atoms with van der Waals surface area (Å²) < 4.78 is 0. The van der Waals surface area contributed by atoms with Gasteiger partial charge in [-0.3, -0.25) is 0 Å². The quantitative estimate of drug-likeness (QED) is 0.255. The highest BCUT2D eigenvalue weighted by molar-refractivity contribution is 7.99. The molecule has 0 N–H and O–H groups in total. The summed E-state index contributed by atoms with van der Waals surface area (Å²) in [4.78, 5) is 6.61. The molecular formula is C32H35S2+. The van der Waals surface area contributed by atoms with Crippen molar-refractivity contribution in [2.75, 3.05) is 0 Å². The van der Waals surface area contributed by atoms with E-state index in [0.29, 0.717) is 0 Å². The summed E-state index contributed by atoms with van der Waals surface area (Å²) in [6.45, 7) is 13.6. The summed E-state index contributed by atoms with van der Waals surface area (Å²) in [5.74, 6) is 0. The van der Waals surface area contributed by atoms with Crippen LogP contribution in [0.4, 0.5) is 0 Å². The molecule has 0 radical (unpaired) electrons. The van der Waals surface area contributed by atoms with Crippen LogP contribution in [0.2, 0.25) is 0 Å². The zero-order valence-electron chi connectivity index (χ0n) is 21.1. The van der Waals surface area contributed by atoms with Gasteiger partial charge in [-0.2, -0.15) is 0 Å². The van der Waals surface area contributed by atoms with Gasteiger partial charge in [0.15, 0.2) is 14.7 Å². The summed E-state index contributed by atoms with van der Waals surface area (Å²) >= 11 is 1.83. The Kier molecular flexibility index (Phi) is 7.31. The second-order valence-electron chi connectivity index (χ2n) is 10.7. The number of rotatable bonds is 5. The van der Waals surface area contributed by atoms with Crippen LogP contribution in [-0.4, -0.2) is 0 Å². The molecule has 0 nitrogen and oxygen atoms in total.